The predicted octanol–water partition coefficient (Wildman–Crippen LogP) is 2.07. The Morgan fingerprint density at radius 3 is 2.94 bits per heavy atom. The molecule has 0 saturated heterocycles. The maximum Gasteiger partial charge on any atom is 0.120 e. The van der Waals surface area contributed by atoms with E-state index in [2.05, 4.69) is 48.6 Å². The van der Waals surface area contributed by atoms with Crippen LogP contribution in [0.15, 0.2) is 35.8 Å². The molecule has 3 nitrogen and oxygen atoms in total. The summed E-state index contributed by atoms with van der Waals surface area (Å²) in [7, 11) is 2.05. The summed E-state index contributed by atoms with van der Waals surface area (Å²) in [5.74, 6) is 0.992. The smallest absolute Gasteiger partial charge is 0.120 e. The topological polar surface area (TPSA) is 41.6 Å². The lowest BCUT2D eigenvalue weighted by Gasteiger charge is -2.23. The van der Waals surface area contributed by atoms with E-state index in [-0.39, 0.29) is 6.04 Å². The van der Waals surface area contributed by atoms with Gasteiger partial charge >= 0.3 is 0 Å². The van der Waals surface area contributed by atoms with Gasteiger partial charge in [-0.05, 0) is 30.0 Å². The fourth-order valence-corrected chi connectivity index (χ4v) is 2.46. The molecule has 3 heteroatoms. The summed E-state index contributed by atoms with van der Waals surface area (Å²) in [6, 6.07) is 6.15. The Morgan fingerprint density at radius 1 is 1.56 bits per heavy atom. The first-order valence-corrected chi connectivity index (χ1v) is 6.35. The molecule has 1 heterocycles. The van der Waals surface area contributed by atoms with Gasteiger partial charge in [-0.25, -0.2) is 0 Å². The number of rotatable bonds is 4. The van der Waals surface area contributed by atoms with Gasteiger partial charge in [0.25, 0.3) is 0 Å². The molecule has 0 aliphatic carbocycles. The average molecular weight is 243 g/mol. The van der Waals surface area contributed by atoms with E-state index in [0.29, 0.717) is 0 Å². The van der Waals surface area contributed by atoms with Gasteiger partial charge in [0.2, 0.25) is 0 Å². The molecule has 0 saturated carbocycles. The van der Waals surface area contributed by atoms with E-state index in [1.165, 1.54) is 16.7 Å². The number of aliphatic imine (C=N–C) groups is 1. The fraction of sp³-hybridized carbons (Fsp3) is 0.400. The van der Waals surface area contributed by atoms with Crippen LogP contribution >= 0.6 is 0 Å². The molecule has 0 fully saturated rings. The van der Waals surface area contributed by atoms with Gasteiger partial charge in [-0.1, -0.05) is 24.3 Å². The standard InChI is InChI=1S/C15H21N3/c1-4-6-12-11(2)7-5-8-13(12)14(16)15-17-9-10-18(15)3/h4-5,7-8,14H,1,6,9-10,16H2,2-3H3. The monoisotopic (exact) mass is 243 g/mol. The molecular formula is C15H21N3. The zero-order valence-corrected chi connectivity index (χ0v) is 11.2. The number of hydrogen-bond acceptors (Lipinski definition) is 3. The van der Waals surface area contributed by atoms with Crippen LogP contribution in [0.25, 0.3) is 0 Å². The van der Waals surface area contributed by atoms with Gasteiger partial charge in [0, 0.05) is 13.6 Å². The number of aryl methyl sites for hydroxylation is 1. The molecule has 2 rings (SSSR count). The van der Waals surface area contributed by atoms with E-state index in [9.17, 15) is 0 Å². The van der Waals surface area contributed by atoms with Crippen molar-refractivity contribution < 1.29 is 0 Å². The minimum atomic E-state index is -0.132. The molecule has 1 unspecified atom stereocenters. The summed E-state index contributed by atoms with van der Waals surface area (Å²) in [5.41, 5.74) is 10.1. The van der Waals surface area contributed by atoms with Gasteiger partial charge in [0.05, 0.1) is 12.6 Å². The highest BCUT2D eigenvalue weighted by Crippen LogP contribution is 2.23. The van der Waals surface area contributed by atoms with Crippen LogP contribution in [0, 0.1) is 6.92 Å². The van der Waals surface area contributed by atoms with Gasteiger partial charge in [-0.2, -0.15) is 0 Å². The van der Waals surface area contributed by atoms with Crippen molar-refractivity contribution in [3.8, 4) is 0 Å². The summed E-state index contributed by atoms with van der Waals surface area (Å²) in [6.45, 7) is 7.76. The van der Waals surface area contributed by atoms with E-state index < -0.39 is 0 Å². The van der Waals surface area contributed by atoms with Crippen molar-refractivity contribution in [3.63, 3.8) is 0 Å². The maximum absolute atomic E-state index is 6.38. The minimum absolute atomic E-state index is 0.132. The molecule has 96 valence electrons. The number of amidine groups is 1. The Labute approximate surface area is 109 Å². The summed E-state index contributed by atoms with van der Waals surface area (Å²) < 4.78 is 0. The van der Waals surface area contributed by atoms with Crippen LogP contribution in [-0.2, 0) is 6.42 Å². The fourth-order valence-electron chi connectivity index (χ4n) is 2.46. The number of allylic oxidation sites excluding steroid dienone is 1. The van der Waals surface area contributed by atoms with Crippen LogP contribution in [0.4, 0.5) is 0 Å². The predicted molar refractivity (Wildman–Crippen MR) is 76.9 cm³/mol. The summed E-state index contributed by atoms with van der Waals surface area (Å²) in [4.78, 5) is 6.66. The summed E-state index contributed by atoms with van der Waals surface area (Å²) >= 11 is 0. The molecule has 0 bridgehead atoms. The first-order chi connectivity index (χ1) is 8.65. The number of nitrogens with two attached hydrogens (primary N) is 1. The number of benzene rings is 1. The van der Waals surface area contributed by atoms with Crippen molar-refractivity contribution in [2.24, 2.45) is 10.7 Å². The van der Waals surface area contributed by atoms with Gasteiger partial charge < -0.3 is 10.6 Å². The lowest BCUT2D eigenvalue weighted by molar-refractivity contribution is 0.536. The Hall–Kier alpha value is -1.61. The Morgan fingerprint density at radius 2 is 2.33 bits per heavy atom. The van der Waals surface area contributed by atoms with Crippen molar-refractivity contribution in [2.75, 3.05) is 20.1 Å². The zero-order chi connectivity index (χ0) is 13.1. The van der Waals surface area contributed by atoms with E-state index in [4.69, 9.17) is 5.73 Å². The van der Waals surface area contributed by atoms with Gasteiger partial charge in [0.15, 0.2) is 0 Å². The number of nitrogens with zero attached hydrogens (tertiary/aromatic N) is 2. The van der Waals surface area contributed by atoms with Crippen molar-refractivity contribution >= 4 is 5.84 Å². The van der Waals surface area contributed by atoms with Gasteiger partial charge in [-0.3, -0.25) is 4.99 Å². The molecule has 0 radical (unpaired) electrons. The van der Waals surface area contributed by atoms with Crippen LogP contribution in [0.3, 0.4) is 0 Å². The van der Waals surface area contributed by atoms with Crippen LogP contribution in [0.5, 0.6) is 0 Å². The molecule has 1 aromatic rings. The lowest BCUT2D eigenvalue weighted by Crippen LogP contribution is -2.33. The van der Waals surface area contributed by atoms with Gasteiger partial charge in [0.1, 0.15) is 5.84 Å². The molecule has 18 heavy (non-hydrogen) atoms. The third-order valence-electron chi connectivity index (χ3n) is 3.51. The van der Waals surface area contributed by atoms with Crippen LogP contribution < -0.4 is 5.73 Å². The van der Waals surface area contributed by atoms with Crippen molar-refractivity contribution in [1.82, 2.24) is 4.90 Å². The van der Waals surface area contributed by atoms with Gasteiger partial charge in [-0.15, -0.1) is 6.58 Å². The number of hydrogen-bond donors (Lipinski definition) is 1. The second-order valence-corrected chi connectivity index (χ2v) is 4.77. The molecular weight excluding hydrogens is 222 g/mol. The van der Waals surface area contributed by atoms with E-state index >= 15 is 0 Å². The third-order valence-corrected chi connectivity index (χ3v) is 3.51. The van der Waals surface area contributed by atoms with E-state index in [0.717, 1.165) is 25.3 Å². The van der Waals surface area contributed by atoms with E-state index in [1.807, 2.05) is 6.08 Å². The molecule has 1 aromatic carbocycles. The SMILES string of the molecule is C=CCc1c(C)cccc1C(N)C1=NCCN1C. The van der Waals surface area contributed by atoms with Crippen molar-refractivity contribution in [3.05, 3.63) is 47.5 Å². The molecule has 2 N–H and O–H groups in total. The summed E-state index contributed by atoms with van der Waals surface area (Å²) in [5, 5.41) is 0. The second kappa shape index (κ2) is 5.36. The first kappa shape index (κ1) is 12.8. The van der Waals surface area contributed by atoms with Crippen molar-refractivity contribution in [2.45, 2.75) is 19.4 Å². The second-order valence-electron chi connectivity index (χ2n) is 4.77. The third kappa shape index (κ3) is 2.31. The molecule has 1 aliphatic heterocycles. The quantitative estimate of drug-likeness (QED) is 0.823. The lowest BCUT2D eigenvalue weighted by atomic mass is 9.94. The average Bonchev–Trinajstić information content (AvgIpc) is 2.77. The molecule has 1 atom stereocenters. The van der Waals surface area contributed by atoms with Crippen LogP contribution in [-0.4, -0.2) is 30.9 Å². The minimum Gasteiger partial charge on any atom is -0.360 e. The Balaban J connectivity index is 2.38. The first-order valence-electron chi connectivity index (χ1n) is 6.35. The van der Waals surface area contributed by atoms with Crippen LogP contribution in [0.1, 0.15) is 22.7 Å². The van der Waals surface area contributed by atoms with Crippen LogP contribution in [0.2, 0.25) is 0 Å². The highest BCUT2D eigenvalue weighted by atomic mass is 15.2. The highest BCUT2D eigenvalue weighted by Gasteiger charge is 2.23. The number of likely N-dealkylation sites (N-methyl/N-ethyl adjacent to an activating group) is 1. The zero-order valence-electron chi connectivity index (χ0n) is 11.2. The van der Waals surface area contributed by atoms with Crippen molar-refractivity contribution in [1.29, 1.82) is 0 Å². The Bertz CT molecular complexity index is 477. The largest absolute Gasteiger partial charge is 0.360 e. The molecule has 0 aromatic heterocycles. The maximum atomic E-state index is 6.38. The summed E-state index contributed by atoms with van der Waals surface area (Å²) in [6.07, 6.45) is 2.78. The van der Waals surface area contributed by atoms with E-state index in [1.54, 1.807) is 0 Å². The normalized spacial score (nSPS) is 16.6. The molecule has 0 spiro atoms. The highest BCUT2D eigenvalue weighted by molar-refractivity contribution is 5.89. The molecule has 0 amide bonds. The molecule has 1 aliphatic rings. The Kier molecular flexibility index (Phi) is 3.82.